The van der Waals surface area contributed by atoms with Crippen LogP contribution >= 0.6 is 0 Å². The van der Waals surface area contributed by atoms with Crippen LogP contribution in [0.5, 0.6) is 0 Å². The number of carbonyl (C=O) groups excluding carboxylic acids is 1. The topological polar surface area (TPSA) is 82.9 Å². The van der Waals surface area contributed by atoms with Crippen molar-refractivity contribution in [3.05, 3.63) is 40.3 Å². The number of benzene rings is 1. The Kier molecular flexibility index (Phi) is 5.98. The van der Waals surface area contributed by atoms with Crippen molar-refractivity contribution in [2.45, 2.75) is 51.8 Å². The van der Waals surface area contributed by atoms with E-state index in [2.05, 4.69) is 0 Å². The zero-order chi connectivity index (χ0) is 20.5. The third kappa shape index (κ3) is 3.38. The zero-order valence-corrected chi connectivity index (χ0v) is 16.6. The standard InChI is InChI=1S/C21H27FN2O4/c1-13-10-15-14(6-4-5-8-25)16-12-24(19(27)7-9-26)21(2,28-3)20(16)23-18(15)11-17(13)22/h10-11,25-26H,4-9,12H2,1-3H3. The van der Waals surface area contributed by atoms with Gasteiger partial charge in [-0.05, 0) is 50.3 Å². The highest BCUT2D eigenvalue weighted by Gasteiger charge is 2.46. The van der Waals surface area contributed by atoms with E-state index in [1.54, 1.807) is 24.8 Å². The monoisotopic (exact) mass is 390 g/mol. The molecule has 1 unspecified atom stereocenters. The Hall–Kier alpha value is -2.09. The van der Waals surface area contributed by atoms with Crippen LogP contribution in [0.1, 0.15) is 48.6 Å². The van der Waals surface area contributed by atoms with Crippen LogP contribution in [0.2, 0.25) is 0 Å². The molecule has 0 bridgehead atoms. The number of pyridine rings is 1. The van der Waals surface area contributed by atoms with Gasteiger partial charge in [0, 0.05) is 30.7 Å². The normalized spacial score (nSPS) is 18.7. The first-order chi connectivity index (χ1) is 13.4. The molecule has 0 spiro atoms. The summed E-state index contributed by atoms with van der Waals surface area (Å²) in [4.78, 5) is 18.9. The van der Waals surface area contributed by atoms with Gasteiger partial charge in [-0.25, -0.2) is 9.37 Å². The SMILES string of the molecule is COC1(C)c2nc3cc(F)c(C)cc3c(CCCCO)c2CN1C(=O)CCO. The predicted octanol–water partition coefficient (Wildman–Crippen LogP) is 2.54. The second kappa shape index (κ2) is 8.11. The van der Waals surface area contributed by atoms with Crippen molar-refractivity contribution in [2.75, 3.05) is 20.3 Å². The van der Waals surface area contributed by atoms with Crippen molar-refractivity contribution in [3.8, 4) is 0 Å². The van der Waals surface area contributed by atoms with E-state index in [9.17, 15) is 14.3 Å². The van der Waals surface area contributed by atoms with Crippen molar-refractivity contribution < 1.29 is 24.1 Å². The summed E-state index contributed by atoms with van der Waals surface area (Å²) < 4.78 is 19.9. The van der Waals surface area contributed by atoms with Crippen LogP contribution in [-0.2, 0) is 28.2 Å². The fourth-order valence-electron chi connectivity index (χ4n) is 3.95. The quantitative estimate of drug-likeness (QED) is 0.710. The molecule has 1 aromatic heterocycles. The van der Waals surface area contributed by atoms with Crippen LogP contribution in [0, 0.1) is 12.7 Å². The maximum Gasteiger partial charge on any atom is 0.227 e. The van der Waals surface area contributed by atoms with E-state index in [-0.39, 0.29) is 31.4 Å². The van der Waals surface area contributed by atoms with E-state index in [1.807, 2.05) is 0 Å². The molecule has 3 rings (SSSR count). The molecule has 7 heteroatoms. The number of hydrogen-bond donors (Lipinski definition) is 2. The summed E-state index contributed by atoms with van der Waals surface area (Å²) >= 11 is 0. The summed E-state index contributed by atoms with van der Waals surface area (Å²) in [6.45, 7) is 3.68. The van der Waals surface area contributed by atoms with Gasteiger partial charge in [-0.3, -0.25) is 4.79 Å². The van der Waals surface area contributed by atoms with E-state index < -0.39 is 5.72 Å². The number of methoxy groups -OCH3 is 1. The maximum atomic E-state index is 14.2. The van der Waals surface area contributed by atoms with Gasteiger partial charge in [-0.1, -0.05) is 0 Å². The Bertz CT molecular complexity index is 902. The molecular weight excluding hydrogens is 363 g/mol. The molecule has 1 aliphatic heterocycles. The summed E-state index contributed by atoms with van der Waals surface area (Å²) in [5.41, 5.74) is 2.52. The molecule has 2 heterocycles. The average molecular weight is 390 g/mol. The first-order valence-electron chi connectivity index (χ1n) is 9.56. The van der Waals surface area contributed by atoms with Crippen LogP contribution in [-0.4, -0.2) is 46.3 Å². The lowest BCUT2D eigenvalue weighted by Gasteiger charge is -2.33. The van der Waals surface area contributed by atoms with E-state index in [1.165, 1.54) is 13.2 Å². The molecule has 0 saturated heterocycles. The molecule has 152 valence electrons. The summed E-state index contributed by atoms with van der Waals surface area (Å²) in [6.07, 6.45) is 2.12. The van der Waals surface area contributed by atoms with Gasteiger partial charge in [0.05, 0.1) is 30.8 Å². The first kappa shape index (κ1) is 20.6. The number of rotatable bonds is 7. The lowest BCUT2D eigenvalue weighted by Crippen LogP contribution is -2.44. The van der Waals surface area contributed by atoms with E-state index >= 15 is 0 Å². The van der Waals surface area contributed by atoms with Crippen LogP contribution in [0.25, 0.3) is 10.9 Å². The molecule has 0 radical (unpaired) electrons. The maximum absolute atomic E-state index is 14.2. The van der Waals surface area contributed by atoms with E-state index in [4.69, 9.17) is 14.8 Å². The van der Waals surface area contributed by atoms with Crippen molar-refractivity contribution in [2.24, 2.45) is 0 Å². The van der Waals surface area contributed by atoms with Crippen molar-refractivity contribution in [1.82, 2.24) is 9.88 Å². The largest absolute Gasteiger partial charge is 0.396 e. The molecule has 0 aliphatic carbocycles. The fraction of sp³-hybridized carbons (Fsp3) is 0.524. The molecule has 1 aliphatic rings. The minimum atomic E-state index is -1.08. The van der Waals surface area contributed by atoms with Crippen LogP contribution in [0.4, 0.5) is 4.39 Å². The predicted molar refractivity (Wildman–Crippen MR) is 103 cm³/mol. The molecule has 1 atom stereocenters. The van der Waals surface area contributed by atoms with Gasteiger partial charge in [0.2, 0.25) is 5.91 Å². The summed E-state index contributed by atoms with van der Waals surface area (Å²) in [5.74, 6) is -0.552. The lowest BCUT2D eigenvalue weighted by atomic mass is 9.94. The summed E-state index contributed by atoms with van der Waals surface area (Å²) in [7, 11) is 1.52. The summed E-state index contributed by atoms with van der Waals surface area (Å²) in [5, 5.41) is 19.2. The highest BCUT2D eigenvalue weighted by molar-refractivity contribution is 5.86. The van der Waals surface area contributed by atoms with Gasteiger partial charge in [-0.2, -0.15) is 0 Å². The molecule has 6 nitrogen and oxygen atoms in total. The van der Waals surface area contributed by atoms with Crippen LogP contribution in [0.3, 0.4) is 0 Å². The smallest absolute Gasteiger partial charge is 0.227 e. The molecule has 0 fully saturated rings. The molecule has 1 aromatic carbocycles. The number of ether oxygens (including phenoxy) is 1. The van der Waals surface area contributed by atoms with E-state index in [0.717, 1.165) is 22.9 Å². The van der Waals surface area contributed by atoms with E-state index in [0.29, 0.717) is 36.2 Å². The molecule has 2 N–H and O–H groups in total. The molecule has 1 amide bonds. The third-order valence-corrected chi connectivity index (χ3v) is 5.61. The second-order valence-corrected chi connectivity index (χ2v) is 7.36. The van der Waals surface area contributed by atoms with Crippen molar-refractivity contribution in [3.63, 3.8) is 0 Å². The Morgan fingerprint density at radius 3 is 2.71 bits per heavy atom. The Labute approximate surface area is 163 Å². The first-order valence-corrected chi connectivity index (χ1v) is 9.56. The summed E-state index contributed by atoms with van der Waals surface area (Å²) in [6, 6.07) is 3.23. The van der Waals surface area contributed by atoms with Crippen LogP contribution < -0.4 is 0 Å². The van der Waals surface area contributed by atoms with Gasteiger partial charge in [-0.15, -0.1) is 0 Å². The second-order valence-electron chi connectivity index (χ2n) is 7.36. The lowest BCUT2D eigenvalue weighted by molar-refractivity contribution is -0.165. The van der Waals surface area contributed by atoms with Gasteiger partial charge >= 0.3 is 0 Å². The third-order valence-electron chi connectivity index (χ3n) is 5.61. The average Bonchev–Trinajstić information content (AvgIpc) is 2.96. The number of aliphatic hydroxyl groups is 2. The van der Waals surface area contributed by atoms with Crippen molar-refractivity contribution in [1.29, 1.82) is 0 Å². The number of halogens is 1. The van der Waals surface area contributed by atoms with Crippen LogP contribution in [0.15, 0.2) is 12.1 Å². The minimum Gasteiger partial charge on any atom is -0.396 e. The number of amides is 1. The Morgan fingerprint density at radius 2 is 2.07 bits per heavy atom. The Morgan fingerprint density at radius 1 is 1.32 bits per heavy atom. The molecule has 28 heavy (non-hydrogen) atoms. The number of hydrogen-bond acceptors (Lipinski definition) is 5. The number of nitrogens with zero attached hydrogens (tertiary/aromatic N) is 2. The molecular formula is C21H27FN2O4. The number of carbonyl (C=O) groups is 1. The molecule has 0 saturated carbocycles. The van der Waals surface area contributed by atoms with Gasteiger partial charge in [0.25, 0.3) is 0 Å². The van der Waals surface area contributed by atoms with Gasteiger partial charge < -0.3 is 19.8 Å². The van der Waals surface area contributed by atoms with Gasteiger partial charge in [0.1, 0.15) is 5.82 Å². The number of unbranched alkanes of at least 4 members (excludes halogenated alkanes) is 1. The highest BCUT2D eigenvalue weighted by Crippen LogP contribution is 2.43. The highest BCUT2D eigenvalue weighted by atomic mass is 19.1. The Balaban J connectivity index is 2.21. The zero-order valence-electron chi connectivity index (χ0n) is 16.6. The minimum absolute atomic E-state index is 0.0000401. The number of aliphatic hydroxyl groups excluding tert-OH is 2. The number of aromatic nitrogens is 1. The number of fused-ring (bicyclic) bond motifs is 2. The molecule has 2 aromatic rings. The number of aryl methyl sites for hydroxylation is 2. The fourth-order valence-corrected chi connectivity index (χ4v) is 3.95. The van der Waals surface area contributed by atoms with Gasteiger partial charge in [0.15, 0.2) is 5.72 Å². The van der Waals surface area contributed by atoms with Crippen molar-refractivity contribution >= 4 is 16.8 Å².